The van der Waals surface area contributed by atoms with Crippen LogP contribution in [0.15, 0.2) is 102 Å². The van der Waals surface area contributed by atoms with Crippen LogP contribution >= 0.6 is 11.6 Å². The summed E-state index contributed by atoms with van der Waals surface area (Å²) in [6.45, 7) is 7.57. The van der Waals surface area contributed by atoms with Crippen molar-refractivity contribution in [2.24, 2.45) is 0 Å². The van der Waals surface area contributed by atoms with Crippen molar-refractivity contribution in [3.8, 4) is 0 Å². The molecule has 0 spiro atoms. The minimum absolute atomic E-state index is 0.0296. The Hall–Kier alpha value is -3.94. The highest BCUT2D eigenvalue weighted by Crippen LogP contribution is 2.29. The number of carbonyl (C=O) groups excluding carboxylic acids is 2. The molecule has 4 aromatic rings. The van der Waals surface area contributed by atoms with Gasteiger partial charge in [-0.15, -0.1) is 0 Å². The van der Waals surface area contributed by atoms with Crippen LogP contribution in [-0.4, -0.2) is 26.7 Å². The van der Waals surface area contributed by atoms with Crippen LogP contribution in [-0.2, 0) is 20.2 Å². The van der Waals surface area contributed by atoms with Crippen LogP contribution in [0.25, 0.3) is 0 Å². The molecule has 8 heteroatoms. The molecule has 4 aromatic carbocycles. The lowest BCUT2D eigenvalue weighted by Gasteiger charge is -2.25. The Morgan fingerprint density at radius 1 is 0.825 bits per heavy atom. The van der Waals surface area contributed by atoms with E-state index in [1.807, 2.05) is 12.1 Å². The standard InChI is InChI=1S/C32H31ClN2O4S/c1-22-19-26(33)17-18-29(22)35(40(38,39)28-11-6-5-7-12-28)21-30(36)34-27-10-8-9-24(20-27)31(37)23-13-15-25(16-14-23)32(2,3)4/h5-20H,21H2,1-4H3,(H,34,36). The molecule has 0 aliphatic carbocycles. The Balaban J connectivity index is 1.58. The molecule has 0 radical (unpaired) electrons. The quantitative estimate of drug-likeness (QED) is 0.229. The average Bonchev–Trinajstić information content (AvgIpc) is 2.92. The number of hydrogen-bond acceptors (Lipinski definition) is 4. The molecule has 0 heterocycles. The fourth-order valence-corrected chi connectivity index (χ4v) is 6.01. The summed E-state index contributed by atoms with van der Waals surface area (Å²) in [7, 11) is -4.07. The van der Waals surface area contributed by atoms with E-state index in [-0.39, 0.29) is 16.1 Å². The number of carbonyl (C=O) groups is 2. The largest absolute Gasteiger partial charge is 0.324 e. The van der Waals surface area contributed by atoms with Gasteiger partial charge in [0.05, 0.1) is 10.6 Å². The number of hydrogen-bond donors (Lipinski definition) is 1. The zero-order chi connectivity index (χ0) is 29.1. The number of sulfonamides is 1. The van der Waals surface area contributed by atoms with Gasteiger partial charge in [0.1, 0.15) is 6.54 Å². The zero-order valence-electron chi connectivity index (χ0n) is 22.8. The third-order valence-electron chi connectivity index (χ3n) is 6.47. The lowest BCUT2D eigenvalue weighted by Crippen LogP contribution is -2.38. The van der Waals surface area contributed by atoms with Crippen LogP contribution in [0.2, 0.25) is 5.02 Å². The normalized spacial score (nSPS) is 11.6. The number of nitrogens with zero attached hydrogens (tertiary/aromatic N) is 1. The SMILES string of the molecule is Cc1cc(Cl)ccc1N(CC(=O)Nc1cccc(C(=O)c2ccc(C(C)(C)C)cc2)c1)S(=O)(=O)c1ccccc1. The monoisotopic (exact) mass is 574 g/mol. The maximum absolute atomic E-state index is 13.6. The smallest absolute Gasteiger partial charge is 0.264 e. The van der Waals surface area contributed by atoms with Gasteiger partial charge in [0.2, 0.25) is 5.91 Å². The lowest BCUT2D eigenvalue weighted by molar-refractivity contribution is -0.114. The van der Waals surface area contributed by atoms with E-state index in [1.54, 1.807) is 79.7 Å². The summed E-state index contributed by atoms with van der Waals surface area (Å²) >= 11 is 6.10. The highest BCUT2D eigenvalue weighted by molar-refractivity contribution is 7.92. The van der Waals surface area contributed by atoms with E-state index in [9.17, 15) is 18.0 Å². The molecule has 0 aliphatic rings. The summed E-state index contributed by atoms with van der Waals surface area (Å²) in [4.78, 5) is 26.4. The second-order valence-corrected chi connectivity index (χ2v) is 12.8. The van der Waals surface area contributed by atoms with Crippen molar-refractivity contribution >= 4 is 44.7 Å². The second-order valence-electron chi connectivity index (χ2n) is 10.5. The Morgan fingerprint density at radius 3 is 2.12 bits per heavy atom. The van der Waals surface area contributed by atoms with Gasteiger partial charge in [0, 0.05) is 21.8 Å². The Kier molecular flexibility index (Phi) is 8.47. The molecule has 0 atom stereocenters. The van der Waals surface area contributed by atoms with Crippen LogP contribution in [0.4, 0.5) is 11.4 Å². The minimum Gasteiger partial charge on any atom is -0.324 e. The van der Waals surface area contributed by atoms with E-state index >= 15 is 0 Å². The van der Waals surface area contributed by atoms with Crippen LogP contribution < -0.4 is 9.62 Å². The molecule has 1 amide bonds. The first-order valence-electron chi connectivity index (χ1n) is 12.8. The highest BCUT2D eigenvalue weighted by Gasteiger charge is 2.28. The van der Waals surface area contributed by atoms with Gasteiger partial charge in [0.25, 0.3) is 10.0 Å². The molecule has 1 N–H and O–H groups in total. The first-order chi connectivity index (χ1) is 18.9. The molecule has 0 saturated carbocycles. The third-order valence-corrected chi connectivity index (χ3v) is 8.48. The maximum atomic E-state index is 13.6. The molecular formula is C32H31ClN2O4S. The Morgan fingerprint density at radius 2 is 1.50 bits per heavy atom. The van der Waals surface area contributed by atoms with Crippen molar-refractivity contribution in [2.75, 3.05) is 16.2 Å². The van der Waals surface area contributed by atoms with Crippen LogP contribution in [0.5, 0.6) is 0 Å². The molecule has 0 aliphatic heterocycles. The number of aryl methyl sites for hydroxylation is 1. The summed E-state index contributed by atoms with van der Waals surface area (Å²) in [5.74, 6) is -0.741. The van der Waals surface area contributed by atoms with Gasteiger partial charge in [-0.05, 0) is 65.9 Å². The summed E-state index contributed by atoms with van der Waals surface area (Å²) in [6.07, 6.45) is 0. The van der Waals surface area contributed by atoms with Crippen molar-refractivity contribution < 1.29 is 18.0 Å². The highest BCUT2D eigenvalue weighted by atomic mass is 35.5. The van der Waals surface area contributed by atoms with Gasteiger partial charge < -0.3 is 5.32 Å². The molecule has 40 heavy (non-hydrogen) atoms. The van der Waals surface area contributed by atoms with Crippen molar-refractivity contribution in [1.29, 1.82) is 0 Å². The van der Waals surface area contributed by atoms with Gasteiger partial charge in [-0.3, -0.25) is 13.9 Å². The molecule has 0 aromatic heterocycles. The summed E-state index contributed by atoms with van der Waals surface area (Å²) < 4.78 is 28.3. The molecule has 0 fully saturated rings. The fraction of sp³-hybridized carbons (Fsp3) is 0.188. The van der Waals surface area contributed by atoms with Crippen molar-refractivity contribution in [2.45, 2.75) is 38.0 Å². The van der Waals surface area contributed by atoms with Crippen molar-refractivity contribution in [3.63, 3.8) is 0 Å². The summed E-state index contributed by atoms with van der Waals surface area (Å²) in [6, 6.07) is 26.8. The average molecular weight is 575 g/mol. The second kappa shape index (κ2) is 11.7. The van der Waals surface area contributed by atoms with E-state index in [1.165, 1.54) is 12.1 Å². The maximum Gasteiger partial charge on any atom is 0.264 e. The predicted molar refractivity (Wildman–Crippen MR) is 161 cm³/mol. The minimum atomic E-state index is -4.07. The molecule has 206 valence electrons. The van der Waals surface area contributed by atoms with Gasteiger partial charge in [-0.2, -0.15) is 0 Å². The van der Waals surface area contributed by atoms with Gasteiger partial charge in [0.15, 0.2) is 5.78 Å². The number of nitrogens with one attached hydrogen (secondary N) is 1. The van der Waals surface area contributed by atoms with Crippen molar-refractivity contribution in [1.82, 2.24) is 0 Å². The van der Waals surface area contributed by atoms with Gasteiger partial charge in [-0.25, -0.2) is 8.42 Å². The van der Waals surface area contributed by atoms with E-state index in [4.69, 9.17) is 11.6 Å². The zero-order valence-corrected chi connectivity index (χ0v) is 24.4. The lowest BCUT2D eigenvalue weighted by atomic mass is 9.86. The Labute approximate surface area is 240 Å². The number of rotatable bonds is 8. The molecule has 4 rings (SSSR count). The number of ketones is 1. The summed E-state index contributed by atoms with van der Waals surface area (Å²) in [5, 5.41) is 3.20. The number of halogens is 1. The molecule has 0 saturated heterocycles. The van der Waals surface area contributed by atoms with E-state index in [0.29, 0.717) is 33.1 Å². The van der Waals surface area contributed by atoms with E-state index in [2.05, 4.69) is 26.1 Å². The first kappa shape index (κ1) is 29.1. The van der Waals surface area contributed by atoms with Crippen LogP contribution in [0, 0.1) is 6.92 Å². The fourth-order valence-electron chi connectivity index (χ4n) is 4.28. The summed E-state index contributed by atoms with van der Waals surface area (Å²) in [5.41, 5.74) is 3.36. The van der Waals surface area contributed by atoms with E-state index in [0.717, 1.165) is 9.87 Å². The topological polar surface area (TPSA) is 83.6 Å². The molecular weight excluding hydrogens is 544 g/mol. The van der Waals surface area contributed by atoms with E-state index < -0.39 is 22.5 Å². The number of anilines is 2. The van der Waals surface area contributed by atoms with Gasteiger partial charge in [-0.1, -0.05) is 87.0 Å². The first-order valence-corrected chi connectivity index (χ1v) is 14.6. The molecule has 0 unspecified atom stereocenters. The number of benzene rings is 4. The van der Waals surface area contributed by atoms with Crippen LogP contribution in [0.3, 0.4) is 0 Å². The molecule has 6 nitrogen and oxygen atoms in total. The third kappa shape index (κ3) is 6.61. The number of amides is 1. The molecule has 0 bridgehead atoms. The van der Waals surface area contributed by atoms with Crippen LogP contribution in [0.1, 0.15) is 47.8 Å². The van der Waals surface area contributed by atoms with Gasteiger partial charge >= 0.3 is 0 Å². The predicted octanol–water partition coefficient (Wildman–Crippen LogP) is 7.01. The Bertz CT molecular complexity index is 1640. The van der Waals surface area contributed by atoms with Crippen molar-refractivity contribution in [3.05, 3.63) is 124 Å².